The number of hydrogen-bond donors (Lipinski definition) is 1. The summed E-state index contributed by atoms with van der Waals surface area (Å²) in [5, 5.41) is 5.12. The molecule has 0 unspecified atom stereocenters. The highest BCUT2D eigenvalue weighted by Gasteiger charge is 2.18. The van der Waals surface area contributed by atoms with E-state index in [9.17, 15) is 4.79 Å². The normalized spacial score (nSPS) is 11.8. The Balaban J connectivity index is 1.51. The van der Waals surface area contributed by atoms with E-state index >= 15 is 0 Å². The Labute approximate surface area is 166 Å². The molecule has 0 aromatic heterocycles. The molecule has 3 rings (SSSR count). The third kappa shape index (κ3) is 4.83. The molecule has 0 aliphatic carbocycles. The SMILES string of the molecule is CC[C@@H](Oc1ccc(C)c(C)c1)C(=O)NCCOc1cccc2ccccc12. The number of amides is 1. The zero-order valence-electron chi connectivity index (χ0n) is 16.7. The standard InChI is InChI=1S/C24H27NO3/c1-4-22(28-20-13-12-17(2)18(3)16-20)24(26)25-14-15-27-23-11-7-9-19-8-5-6-10-21(19)23/h5-13,16,22H,4,14-15H2,1-3H3,(H,25,26)/t22-/m1/s1. The Hall–Kier alpha value is -3.01. The van der Waals surface area contributed by atoms with Crippen molar-refractivity contribution in [2.24, 2.45) is 0 Å². The van der Waals surface area contributed by atoms with E-state index in [1.54, 1.807) is 0 Å². The van der Waals surface area contributed by atoms with Gasteiger partial charge in [-0.05, 0) is 55.0 Å². The largest absolute Gasteiger partial charge is 0.491 e. The second kappa shape index (κ2) is 9.27. The van der Waals surface area contributed by atoms with E-state index < -0.39 is 6.10 Å². The highest BCUT2D eigenvalue weighted by Crippen LogP contribution is 2.25. The van der Waals surface area contributed by atoms with E-state index in [0.717, 1.165) is 27.8 Å². The highest BCUT2D eigenvalue weighted by molar-refractivity contribution is 5.88. The molecule has 0 radical (unpaired) electrons. The molecule has 0 fully saturated rings. The number of nitrogens with one attached hydrogen (secondary N) is 1. The fourth-order valence-corrected chi connectivity index (χ4v) is 3.04. The van der Waals surface area contributed by atoms with Crippen LogP contribution in [0.5, 0.6) is 11.5 Å². The maximum Gasteiger partial charge on any atom is 0.261 e. The quantitative estimate of drug-likeness (QED) is 0.573. The van der Waals surface area contributed by atoms with Gasteiger partial charge in [-0.25, -0.2) is 0 Å². The van der Waals surface area contributed by atoms with Crippen LogP contribution in [0.15, 0.2) is 60.7 Å². The van der Waals surface area contributed by atoms with Crippen LogP contribution in [-0.4, -0.2) is 25.2 Å². The van der Waals surface area contributed by atoms with Crippen molar-refractivity contribution in [1.82, 2.24) is 5.32 Å². The second-order valence-electron chi connectivity index (χ2n) is 6.88. The van der Waals surface area contributed by atoms with Gasteiger partial charge in [0.1, 0.15) is 18.1 Å². The van der Waals surface area contributed by atoms with Crippen molar-refractivity contribution < 1.29 is 14.3 Å². The highest BCUT2D eigenvalue weighted by atomic mass is 16.5. The lowest BCUT2D eigenvalue weighted by Crippen LogP contribution is -2.39. The maximum absolute atomic E-state index is 12.5. The molecule has 0 aliphatic heterocycles. The van der Waals surface area contributed by atoms with Gasteiger partial charge in [0.2, 0.25) is 0 Å². The maximum atomic E-state index is 12.5. The van der Waals surface area contributed by atoms with Crippen molar-refractivity contribution >= 4 is 16.7 Å². The van der Waals surface area contributed by atoms with E-state index in [1.165, 1.54) is 5.56 Å². The van der Waals surface area contributed by atoms with Gasteiger partial charge in [-0.3, -0.25) is 4.79 Å². The van der Waals surface area contributed by atoms with Gasteiger partial charge in [0.25, 0.3) is 5.91 Å². The number of ether oxygens (including phenoxy) is 2. The molecule has 0 spiro atoms. The van der Waals surface area contributed by atoms with Crippen LogP contribution in [0.2, 0.25) is 0 Å². The topological polar surface area (TPSA) is 47.6 Å². The predicted molar refractivity (Wildman–Crippen MR) is 113 cm³/mol. The molecule has 0 heterocycles. The molecule has 1 N–H and O–H groups in total. The predicted octanol–water partition coefficient (Wildman–Crippen LogP) is 4.81. The third-order valence-electron chi connectivity index (χ3n) is 4.83. The summed E-state index contributed by atoms with van der Waals surface area (Å²) in [5.41, 5.74) is 2.35. The van der Waals surface area contributed by atoms with Crippen molar-refractivity contribution in [2.45, 2.75) is 33.3 Å². The Kier molecular flexibility index (Phi) is 6.53. The average molecular weight is 377 g/mol. The molecule has 4 nitrogen and oxygen atoms in total. The Morgan fingerprint density at radius 2 is 1.79 bits per heavy atom. The molecule has 3 aromatic carbocycles. The van der Waals surface area contributed by atoms with E-state index in [2.05, 4.69) is 24.4 Å². The van der Waals surface area contributed by atoms with E-state index in [-0.39, 0.29) is 5.91 Å². The summed E-state index contributed by atoms with van der Waals surface area (Å²) in [6, 6.07) is 19.9. The third-order valence-corrected chi connectivity index (χ3v) is 4.83. The van der Waals surface area contributed by atoms with Crippen LogP contribution >= 0.6 is 0 Å². The molecule has 1 atom stereocenters. The van der Waals surface area contributed by atoms with Gasteiger partial charge >= 0.3 is 0 Å². The van der Waals surface area contributed by atoms with Crippen molar-refractivity contribution in [3.8, 4) is 11.5 Å². The van der Waals surface area contributed by atoms with Gasteiger partial charge < -0.3 is 14.8 Å². The number of hydrogen-bond acceptors (Lipinski definition) is 3. The summed E-state index contributed by atoms with van der Waals surface area (Å²) in [7, 11) is 0. The molecule has 3 aromatic rings. The summed E-state index contributed by atoms with van der Waals surface area (Å²) < 4.78 is 11.8. The molecule has 28 heavy (non-hydrogen) atoms. The summed E-state index contributed by atoms with van der Waals surface area (Å²) in [4.78, 5) is 12.5. The van der Waals surface area contributed by atoms with Gasteiger partial charge in [0, 0.05) is 5.39 Å². The van der Waals surface area contributed by atoms with E-state index in [4.69, 9.17) is 9.47 Å². The number of carbonyl (C=O) groups excluding carboxylic acids is 1. The van der Waals surface area contributed by atoms with Crippen LogP contribution in [0.1, 0.15) is 24.5 Å². The van der Waals surface area contributed by atoms with Crippen LogP contribution in [0.3, 0.4) is 0 Å². The fraction of sp³-hybridized carbons (Fsp3) is 0.292. The van der Waals surface area contributed by atoms with Crippen LogP contribution in [0, 0.1) is 13.8 Å². The van der Waals surface area contributed by atoms with Gasteiger partial charge in [-0.15, -0.1) is 0 Å². The number of aryl methyl sites for hydroxylation is 2. The van der Waals surface area contributed by atoms with Gasteiger partial charge in [0.15, 0.2) is 6.10 Å². The van der Waals surface area contributed by atoms with Crippen LogP contribution < -0.4 is 14.8 Å². The van der Waals surface area contributed by atoms with Gasteiger partial charge in [0.05, 0.1) is 6.54 Å². The summed E-state index contributed by atoms with van der Waals surface area (Å²) in [5.74, 6) is 1.42. The lowest BCUT2D eigenvalue weighted by molar-refractivity contribution is -0.128. The minimum absolute atomic E-state index is 0.123. The van der Waals surface area contributed by atoms with Crippen molar-refractivity contribution in [3.63, 3.8) is 0 Å². The first-order valence-corrected chi connectivity index (χ1v) is 9.70. The van der Waals surface area contributed by atoms with E-state index in [0.29, 0.717) is 19.6 Å². The summed E-state index contributed by atoms with van der Waals surface area (Å²) >= 11 is 0. The minimum Gasteiger partial charge on any atom is -0.491 e. The van der Waals surface area contributed by atoms with Crippen molar-refractivity contribution in [3.05, 3.63) is 71.8 Å². The van der Waals surface area contributed by atoms with Crippen molar-refractivity contribution in [1.29, 1.82) is 0 Å². The number of rotatable bonds is 8. The molecule has 4 heteroatoms. The van der Waals surface area contributed by atoms with E-state index in [1.807, 2.05) is 62.4 Å². The van der Waals surface area contributed by atoms with Crippen LogP contribution in [0.25, 0.3) is 10.8 Å². The first kappa shape index (κ1) is 19.7. The zero-order valence-corrected chi connectivity index (χ0v) is 16.7. The Bertz CT molecular complexity index is 946. The smallest absolute Gasteiger partial charge is 0.261 e. The second-order valence-corrected chi connectivity index (χ2v) is 6.88. The molecule has 0 saturated carbocycles. The molecule has 0 bridgehead atoms. The zero-order chi connectivity index (χ0) is 19.9. The first-order valence-electron chi connectivity index (χ1n) is 9.70. The Morgan fingerprint density at radius 1 is 1.00 bits per heavy atom. The van der Waals surface area contributed by atoms with Crippen molar-refractivity contribution in [2.75, 3.05) is 13.2 Å². The molecule has 0 aliphatic rings. The lowest BCUT2D eigenvalue weighted by atomic mass is 10.1. The number of carbonyl (C=O) groups is 1. The number of benzene rings is 3. The van der Waals surface area contributed by atoms with Crippen LogP contribution in [-0.2, 0) is 4.79 Å². The molecule has 146 valence electrons. The molecular formula is C24H27NO3. The molecule has 1 amide bonds. The Morgan fingerprint density at radius 3 is 2.57 bits per heavy atom. The molecular weight excluding hydrogens is 350 g/mol. The van der Waals surface area contributed by atoms with Gasteiger partial charge in [-0.2, -0.15) is 0 Å². The summed E-state index contributed by atoms with van der Waals surface area (Å²) in [6.45, 7) is 6.86. The average Bonchev–Trinajstić information content (AvgIpc) is 2.71. The minimum atomic E-state index is -0.514. The monoisotopic (exact) mass is 377 g/mol. The number of fused-ring (bicyclic) bond motifs is 1. The fourth-order valence-electron chi connectivity index (χ4n) is 3.04. The lowest BCUT2D eigenvalue weighted by Gasteiger charge is -2.18. The van der Waals surface area contributed by atoms with Gasteiger partial charge in [-0.1, -0.05) is 49.4 Å². The summed E-state index contributed by atoms with van der Waals surface area (Å²) in [6.07, 6.45) is 0.0859. The first-order chi connectivity index (χ1) is 13.6. The molecule has 0 saturated heterocycles. The van der Waals surface area contributed by atoms with Crippen LogP contribution in [0.4, 0.5) is 0 Å².